The Morgan fingerprint density at radius 3 is 2.53 bits per heavy atom. The van der Waals surface area contributed by atoms with Gasteiger partial charge in [0.25, 0.3) is 0 Å². The number of amides is 1. The van der Waals surface area contributed by atoms with E-state index in [9.17, 15) is 9.59 Å². The molecule has 19 heavy (non-hydrogen) atoms. The highest BCUT2D eigenvalue weighted by atomic mass is 16.4. The number of likely N-dealkylation sites (N-methyl/N-ethyl adjacent to an activating group) is 1. The summed E-state index contributed by atoms with van der Waals surface area (Å²) in [7, 11) is 3.87. The largest absolute Gasteiger partial charge is 0.478 e. The summed E-state index contributed by atoms with van der Waals surface area (Å²) in [5.74, 6) is -1.17. The lowest BCUT2D eigenvalue weighted by atomic mass is 10.0. The van der Waals surface area contributed by atoms with Gasteiger partial charge >= 0.3 is 5.97 Å². The van der Waals surface area contributed by atoms with Crippen LogP contribution in [0, 0.1) is 0 Å². The van der Waals surface area contributed by atoms with Gasteiger partial charge in [0, 0.05) is 12.6 Å². The first-order valence-electron chi connectivity index (χ1n) is 6.15. The lowest BCUT2D eigenvalue weighted by Crippen LogP contribution is -2.40. The molecule has 0 aliphatic carbocycles. The van der Waals surface area contributed by atoms with Gasteiger partial charge < -0.3 is 15.3 Å². The quantitative estimate of drug-likeness (QED) is 0.804. The minimum Gasteiger partial charge on any atom is -0.478 e. The van der Waals surface area contributed by atoms with E-state index in [0.717, 1.165) is 6.54 Å². The molecule has 1 aromatic carbocycles. The van der Waals surface area contributed by atoms with Crippen LogP contribution in [-0.2, 0) is 11.2 Å². The van der Waals surface area contributed by atoms with E-state index in [1.165, 1.54) is 6.07 Å². The number of aromatic carboxylic acids is 1. The summed E-state index contributed by atoms with van der Waals surface area (Å²) in [6.45, 7) is 2.66. The minimum atomic E-state index is -1.01. The van der Waals surface area contributed by atoms with Crippen molar-refractivity contribution in [3.8, 4) is 0 Å². The van der Waals surface area contributed by atoms with E-state index >= 15 is 0 Å². The van der Waals surface area contributed by atoms with Crippen molar-refractivity contribution in [2.24, 2.45) is 0 Å². The molecule has 5 nitrogen and oxygen atoms in total. The molecule has 104 valence electrons. The molecule has 0 radical (unpaired) electrons. The third kappa shape index (κ3) is 5.09. The molecule has 0 aliphatic rings. The summed E-state index contributed by atoms with van der Waals surface area (Å²) in [6, 6.07) is 6.59. The summed E-state index contributed by atoms with van der Waals surface area (Å²) in [4.78, 5) is 24.9. The number of carbonyl (C=O) groups excluding carboxylic acids is 1. The topological polar surface area (TPSA) is 69.6 Å². The first kappa shape index (κ1) is 15.2. The normalized spacial score (nSPS) is 12.2. The summed E-state index contributed by atoms with van der Waals surface area (Å²) in [5.41, 5.74) is 0.711. The Kier molecular flexibility index (Phi) is 5.51. The SMILES string of the molecule is CC(CN(C)C)NC(=O)Cc1ccccc1C(=O)O. The number of hydrogen-bond acceptors (Lipinski definition) is 3. The maximum Gasteiger partial charge on any atom is 0.335 e. The van der Waals surface area contributed by atoms with Crippen molar-refractivity contribution >= 4 is 11.9 Å². The van der Waals surface area contributed by atoms with Gasteiger partial charge in [-0.3, -0.25) is 4.79 Å². The molecule has 2 N–H and O–H groups in total. The van der Waals surface area contributed by atoms with Crippen LogP contribution >= 0.6 is 0 Å². The number of carbonyl (C=O) groups is 2. The first-order chi connectivity index (χ1) is 8.90. The van der Waals surface area contributed by atoms with Gasteiger partial charge in [-0.15, -0.1) is 0 Å². The Hall–Kier alpha value is -1.88. The molecule has 1 rings (SSSR count). The van der Waals surface area contributed by atoms with E-state index in [1.807, 2.05) is 25.9 Å². The molecule has 5 heteroatoms. The number of hydrogen-bond donors (Lipinski definition) is 2. The molecular formula is C14H20N2O3. The van der Waals surface area contributed by atoms with E-state index in [-0.39, 0.29) is 23.9 Å². The number of carboxylic acids is 1. The monoisotopic (exact) mass is 264 g/mol. The third-order valence-electron chi connectivity index (χ3n) is 2.65. The van der Waals surface area contributed by atoms with E-state index < -0.39 is 5.97 Å². The molecule has 1 aromatic rings. The number of rotatable bonds is 6. The van der Waals surface area contributed by atoms with Crippen LogP contribution in [0.5, 0.6) is 0 Å². The van der Waals surface area contributed by atoms with Crippen LogP contribution in [-0.4, -0.2) is 48.6 Å². The predicted octanol–water partition coefficient (Wildman–Crippen LogP) is 0.994. The molecule has 1 unspecified atom stereocenters. The molecule has 0 spiro atoms. The second-order valence-electron chi connectivity index (χ2n) is 4.87. The van der Waals surface area contributed by atoms with Crippen LogP contribution in [0.2, 0.25) is 0 Å². The second kappa shape index (κ2) is 6.89. The Balaban J connectivity index is 2.65. The van der Waals surface area contributed by atoms with Crippen molar-refractivity contribution in [1.29, 1.82) is 0 Å². The van der Waals surface area contributed by atoms with Crippen LogP contribution < -0.4 is 5.32 Å². The summed E-state index contributed by atoms with van der Waals surface area (Å²) in [6.07, 6.45) is 0.0836. The minimum absolute atomic E-state index is 0.0273. The van der Waals surface area contributed by atoms with Crippen molar-refractivity contribution in [2.75, 3.05) is 20.6 Å². The Bertz CT molecular complexity index is 458. The Morgan fingerprint density at radius 1 is 1.32 bits per heavy atom. The van der Waals surface area contributed by atoms with Crippen LogP contribution in [0.3, 0.4) is 0 Å². The van der Waals surface area contributed by atoms with Gasteiger partial charge in [0.15, 0.2) is 0 Å². The molecule has 0 fully saturated rings. The van der Waals surface area contributed by atoms with E-state index in [0.29, 0.717) is 5.56 Å². The Morgan fingerprint density at radius 2 is 1.95 bits per heavy atom. The van der Waals surface area contributed by atoms with Gasteiger partial charge in [0.2, 0.25) is 5.91 Å². The van der Waals surface area contributed by atoms with E-state index in [4.69, 9.17) is 5.11 Å². The van der Waals surface area contributed by atoms with Gasteiger partial charge in [0.05, 0.1) is 12.0 Å². The molecule has 0 heterocycles. The molecule has 1 amide bonds. The average Bonchev–Trinajstić information content (AvgIpc) is 2.27. The van der Waals surface area contributed by atoms with Crippen molar-refractivity contribution in [1.82, 2.24) is 10.2 Å². The van der Waals surface area contributed by atoms with Gasteiger partial charge in [-0.2, -0.15) is 0 Å². The molecule has 0 aromatic heterocycles. The van der Waals surface area contributed by atoms with Crippen molar-refractivity contribution in [3.05, 3.63) is 35.4 Å². The van der Waals surface area contributed by atoms with Crippen molar-refractivity contribution < 1.29 is 14.7 Å². The fraction of sp³-hybridized carbons (Fsp3) is 0.429. The van der Waals surface area contributed by atoms with Gasteiger partial charge in [-0.05, 0) is 32.6 Å². The van der Waals surface area contributed by atoms with Crippen LogP contribution in [0.4, 0.5) is 0 Å². The second-order valence-corrected chi connectivity index (χ2v) is 4.87. The molecule has 0 saturated heterocycles. The predicted molar refractivity (Wildman–Crippen MR) is 73.3 cm³/mol. The van der Waals surface area contributed by atoms with Crippen LogP contribution in [0.1, 0.15) is 22.8 Å². The number of nitrogens with one attached hydrogen (secondary N) is 1. The molecule has 1 atom stereocenters. The highest BCUT2D eigenvalue weighted by Crippen LogP contribution is 2.09. The lowest BCUT2D eigenvalue weighted by Gasteiger charge is -2.18. The number of nitrogens with zero attached hydrogens (tertiary/aromatic N) is 1. The molecular weight excluding hydrogens is 244 g/mol. The van der Waals surface area contributed by atoms with Crippen molar-refractivity contribution in [2.45, 2.75) is 19.4 Å². The zero-order chi connectivity index (χ0) is 14.4. The fourth-order valence-electron chi connectivity index (χ4n) is 1.98. The Labute approximate surface area is 113 Å². The molecule has 0 bridgehead atoms. The van der Waals surface area contributed by atoms with E-state index in [1.54, 1.807) is 18.2 Å². The van der Waals surface area contributed by atoms with Gasteiger partial charge in [-0.1, -0.05) is 18.2 Å². The summed E-state index contributed by atoms with van der Waals surface area (Å²) >= 11 is 0. The fourth-order valence-corrected chi connectivity index (χ4v) is 1.98. The van der Waals surface area contributed by atoms with Crippen molar-refractivity contribution in [3.63, 3.8) is 0 Å². The molecule has 0 saturated carbocycles. The maximum atomic E-state index is 11.9. The molecule has 0 aliphatic heterocycles. The van der Waals surface area contributed by atoms with Crippen LogP contribution in [0.25, 0.3) is 0 Å². The highest BCUT2D eigenvalue weighted by Gasteiger charge is 2.14. The number of benzene rings is 1. The lowest BCUT2D eigenvalue weighted by molar-refractivity contribution is -0.121. The summed E-state index contributed by atoms with van der Waals surface area (Å²) < 4.78 is 0. The smallest absolute Gasteiger partial charge is 0.335 e. The van der Waals surface area contributed by atoms with Gasteiger partial charge in [0.1, 0.15) is 0 Å². The average molecular weight is 264 g/mol. The maximum absolute atomic E-state index is 11.9. The summed E-state index contributed by atoms with van der Waals surface area (Å²) in [5, 5.41) is 11.9. The zero-order valence-corrected chi connectivity index (χ0v) is 11.5. The first-order valence-corrected chi connectivity index (χ1v) is 6.15. The highest BCUT2D eigenvalue weighted by molar-refractivity contribution is 5.91. The standard InChI is InChI=1S/C14H20N2O3/c1-10(9-16(2)3)15-13(17)8-11-6-4-5-7-12(11)14(18)19/h4-7,10H,8-9H2,1-3H3,(H,15,17)(H,18,19). The van der Waals surface area contributed by atoms with Crippen LogP contribution in [0.15, 0.2) is 24.3 Å². The third-order valence-corrected chi connectivity index (χ3v) is 2.65. The van der Waals surface area contributed by atoms with Gasteiger partial charge in [-0.25, -0.2) is 4.79 Å². The zero-order valence-electron chi connectivity index (χ0n) is 11.5. The van der Waals surface area contributed by atoms with E-state index in [2.05, 4.69) is 5.32 Å². The number of carboxylic acid groups (broad SMARTS) is 1.